The summed E-state index contributed by atoms with van der Waals surface area (Å²) >= 11 is 0. The van der Waals surface area contributed by atoms with Gasteiger partial charge in [-0.05, 0) is 5.56 Å². The SMILES string of the molecule is CC(C)(C)c1cnc(Cn2ccnc2[C@H](O)c2ccccc2)o1. The maximum absolute atomic E-state index is 10.5. The quantitative estimate of drug-likeness (QED) is 0.803. The Morgan fingerprint density at radius 3 is 2.57 bits per heavy atom. The minimum atomic E-state index is -0.775. The van der Waals surface area contributed by atoms with Crippen molar-refractivity contribution >= 4 is 0 Å². The van der Waals surface area contributed by atoms with Gasteiger partial charge in [0.25, 0.3) is 0 Å². The number of nitrogens with zero attached hydrogens (tertiary/aromatic N) is 3. The molecule has 120 valence electrons. The summed E-state index contributed by atoms with van der Waals surface area (Å²) in [7, 11) is 0. The van der Waals surface area contributed by atoms with E-state index in [0.29, 0.717) is 18.3 Å². The van der Waals surface area contributed by atoms with Crippen molar-refractivity contribution in [2.45, 2.75) is 38.8 Å². The first kappa shape index (κ1) is 15.5. The van der Waals surface area contributed by atoms with E-state index in [-0.39, 0.29) is 5.41 Å². The Morgan fingerprint density at radius 1 is 1.17 bits per heavy atom. The van der Waals surface area contributed by atoms with Crippen LogP contribution in [-0.2, 0) is 12.0 Å². The van der Waals surface area contributed by atoms with Crippen LogP contribution < -0.4 is 0 Å². The predicted octanol–water partition coefficient (Wildman–Crippen LogP) is 3.30. The van der Waals surface area contributed by atoms with Gasteiger partial charge in [-0.3, -0.25) is 0 Å². The molecule has 1 atom stereocenters. The maximum Gasteiger partial charge on any atom is 0.214 e. The molecule has 0 saturated carbocycles. The Labute approximate surface area is 135 Å². The zero-order valence-corrected chi connectivity index (χ0v) is 13.6. The lowest BCUT2D eigenvalue weighted by Crippen LogP contribution is -2.11. The van der Waals surface area contributed by atoms with Gasteiger partial charge in [0.05, 0.1) is 6.20 Å². The molecule has 0 amide bonds. The van der Waals surface area contributed by atoms with Crippen molar-refractivity contribution in [3.05, 3.63) is 72.0 Å². The average Bonchev–Trinajstić information content (AvgIpc) is 3.17. The van der Waals surface area contributed by atoms with E-state index in [1.807, 2.05) is 41.1 Å². The van der Waals surface area contributed by atoms with Crippen molar-refractivity contribution in [2.75, 3.05) is 0 Å². The van der Waals surface area contributed by atoms with Gasteiger partial charge in [0.2, 0.25) is 5.89 Å². The number of imidazole rings is 1. The fourth-order valence-corrected chi connectivity index (χ4v) is 2.36. The highest BCUT2D eigenvalue weighted by atomic mass is 16.4. The van der Waals surface area contributed by atoms with Crippen LogP contribution in [0.4, 0.5) is 0 Å². The fraction of sp³-hybridized carbons (Fsp3) is 0.333. The van der Waals surface area contributed by atoms with Crippen molar-refractivity contribution in [2.24, 2.45) is 0 Å². The van der Waals surface area contributed by atoms with Crippen LogP contribution in [0.15, 0.2) is 53.3 Å². The topological polar surface area (TPSA) is 64.1 Å². The lowest BCUT2D eigenvalue weighted by molar-refractivity contribution is 0.204. The molecule has 2 aromatic heterocycles. The van der Waals surface area contributed by atoms with Crippen LogP contribution >= 0.6 is 0 Å². The Bertz CT molecular complexity index is 769. The van der Waals surface area contributed by atoms with E-state index in [9.17, 15) is 5.11 Å². The van der Waals surface area contributed by atoms with Gasteiger partial charge in [-0.15, -0.1) is 0 Å². The smallest absolute Gasteiger partial charge is 0.214 e. The summed E-state index contributed by atoms with van der Waals surface area (Å²) in [6.45, 7) is 6.69. The first-order valence-corrected chi connectivity index (χ1v) is 7.64. The molecule has 0 aliphatic carbocycles. The number of aromatic nitrogens is 3. The van der Waals surface area contributed by atoms with Crippen LogP contribution in [0.3, 0.4) is 0 Å². The number of oxazole rings is 1. The molecular weight excluding hydrogens is 290 g/mol. The van der Waals surface area contributed by atoms with Gasteiger partial charge in [-0.25, -0.2) is 9.97 Å². The molecule has 3 aromatic rings. The highest BCUT2D eigenvalue weighted by Crippen LogP contribution is 2.24. The normalized spacial score (nSPS) is 13.2. The van der Waals surface area contributed by atoms with Crippen LogP contribution in [0.2, 0.25) is 0 Å². The second-order valence-corrected chi connectivity index (χ2v) is 6.59. The monoisotopic (exact) mass is 311 g/mol. The molecule has 0 aliphatic rings. The van der Waals surface area contributed by atoms with Gasteiger partial charge in [0.15, 0.2) is 0 Å². The fourth-order valence-electron chi connectivity index (χ4n) is 2.36. The van der Waals surface area contributed by atoms with Crippen molar-refractivity contribution < 1.29 is 9.52 Å². The van der Waals surface area contributed by atoms with Gasteiger partial charge in [0.1, 0.15) is 24.2 Å². The second-order valence-electron chi connectivity index (χ2n) is 6.59. The van der Waals surface area contributed by atoms with Crippen LogP contribution in [-0.4, -0.2) is 19.6 Å². The van der Waals surface area contributed by atoms with Crippen molar-refractivity contribution in [1.29, 1.82) is 0 Å². The highest BCUT2D eigenvalue weighted by Gasteiger charge is 2.21. The van der Waals surface area contributed by atoms with Gasteiger partial charge in [0, 0.05) is 17.8 Å². The summed E-state index contributed by atoms with van der Waals surface area (Å²) in [6.07, 6.45) is 4.49. The highest BCUT2D eigenvalue weighted by molar-refractivity contribution is 5.23. The second kappa shape index (κ2) is 6.01. The van der Waals surface area contributed by atoms with Crippen molar-refractivity contribution in [3.63, 3.8) is 0 Å². The Morgan fingerprint density at radius 2 is 1.91 bits per heavy atom. The van der Waals surface area contributed by atoms with Crippen LogP contribution in [0.25, 0.3) is 0 Å². The first-order valence-electron chi connectivity index (χ1n) is 7.64. The third-order valence-electron chi connectivity index (χ3n) is 3.71. The molecule has 0 bridgehead atoms. The molecule has 0 fully saturated rings. The van der Waals surface area contributed by atoms with E-state index in [1.54, 1.807) is 12.4 Å². The Kier molecular flexibility index (Phi) is 4.05. The van der Waals surface area contributed by atoms with E-state index in [2.05, 4.69) is 30.7 Å². The molecule has 5 nitrogen and oxygen atoms in total. The summed E-state index contributed by atoms with van der Waals surface area (Å²) < 4.78 is 7.68. The number of aliphatic hydroxyl groups is 1. The van der Waals surface area contributed by atoms with Crippen molar-refractivity contribution in [1.82, 2.24) is 14.5 Å². The van der Waals surface area contributed by atoms with Gasteiger partial charge >= 0.3 is 0 Å². The lowest BCUT2D eigenvalue weighted by Gasteiger charge is -2.14. The Hall–Kier alpha value is -2.40. The molecule has 1 aromatic carbocycles. The summed E-state index contributed by atoms with van der Waals surface area (Å²) in [5.74, 6) is 2.03. The van der Waals surface area contributed by atoms with E-state index >= 15 is 0 Å². The van der Waals surface area contributed by atoms with Gasteiger partial charge in [-0.2, -0.15) is 0 Å². The first-order chi connectivity index (χ1) is 10.9. The number of hydrogen-bond donors (Lipinski definition) is 1. The van der Waals surface area contributed by atoms with E-state index < -0.39 is 6.10 Å². The molecule has 0 aliphatic heterocycles. The zero-order valence-electron chi connectivity index (χ0n) is 13.6. The van der Waals surface area contributed by atoms with Crippen LogP contribution in [0.5, 0.6) is 0 Å². The predicted molar refractivity (Wildman–Crippen MR) is 87.0 cm³/mol. The van der Waals surface area contributed by atoms with Crippen LogP contribution in [0.1, 0.15) is 49.9 Å². The van der Waals surface area contributed by atoms with E-state index in [4.69, 9.17) is 4.42 Å². The molecule has 0 spiro atoms. The van der Waals surface area contributed by atoms with E-state index in [1.165, 1.54) is 0 Å². The molecule has 23 heavy (non-hydrogen) atoms. The molecule has 3 rings (SSSR count). The average molecular weight is 311 g/mol. The van der Waals surface area contributed by atoms with Crippen LogP contribution in [0, 0.1) is 0 Å². The van der Waals surface area contributed by atoms with Gasteiger partial charge in [-0.1, -0.05) is 51.1 Å². The zero-order chi connectivity index (χ0) is 16.4. The van der Waals surface area contributed by atoms with Gasteiger partial charge < -0.3 is 14.1 Å². The summed E-state index contributed by atoms with van der Waals surface area (Å²) in [5, 5.41) is 10.5. The third-order valence-corrected chi connectivity index (χ3v) is 3.71. The molecule has 5 heteroatoms. The van der Waals surface area contributed by atoms with Crippen molar-refractivity contribution in [3.8, 4) is 0 Å². The summed E-state index contributed by atoms with van der Waals surface area (Å²) in [4.78, 5) is 8.62. The number of aliphatic hydroxyl groups excluding tert-OH is 1. The Balaban J connectivity index is 1.83. The lowest BCUT2D eigenvalue weighted by atomic mass is 9.94. The largest absolute Gasteiger partial charge is 0.443 e. The molecule has 0 radical (unpaired) electrons. The number of benzene rings is 1. The molecule has 0 saturated heterocycles. The minimum absolute atomic E-state index is 0.0768. The summed E-state index contributed by atoms with van der Waals surface area (Å²) in [5.41, 5.74) is 0.731. The maximum atomic E-state index is 10.5. The number of hydrogen-bond acceptors (Lipinski definition) is 4. The molecule has 1 N–H and O–H groups in total. The molecular formula is C18H21N3O2. The standard InChI is InChI=1S/C18H21N3O2/c1-18(2,3)14-11-20-15(23-14)12-21-10-9-19-17(21)16(22)13-7-5-4-6-8-13/h4-11,16,22H,12H2,1-3H3/t16-/m1/s1. The number of rotatable bonds is 4. The molecule has 0 unspecified atom stereocenters. The summed E-state index contributed by atoms with van der Waals surface area (Å²) in [6, 6.07) is 9.48. The molecule has 2 heterocycles. The van der Waals surface area contributed by atoms with E-state index in [0.717, 1.165) is 11.3 Å². The third kappa shape index (κ3) is 3.35. The minimum Gasteiger partial charge on any atom is -0.443 e.